The highest BCUT2D eigenvalue weighted by atomic mass is 16.6. The van der Waals surface area contributed by atoms with Crippen molar-refractivity contribution in [1.29, 1.82) is 5.26 Å². The predicted octanol–water partition coefficient (Wildman–Crippen LogP) is 2.12. The largest absolute Gasteiger partial charge is 0.444 e. The minimum atomic E-state index is -0.527. The second-order valence-corrected chi connectivity index (χ2v) is 5.54. The van der Waals surface area contributed by atoms with Crippen LogP contribution in [-0.4, -0.2) is 35.5 Å². The number of hydrogen-bond acceptors (Lipinski definition) is 4. The average molecular weight is 252 g/mol. The number of ketones is 1. The van der Waals surface area contributed by atoms with Crippen LogP contribution in [0.15, 0.2) is 0 Å². The van der Waals surface area contributed by atoms with Gasteiger partial charge in [0, 0.05) is 31.8 Å². The number of likely N-dealkylation sites (tertiary alicyclic amines) is 1. The maximum absolute atomic E-state index is 11.9. The lowest BCUT2D eigenvalue weighted by Gasteiger charge is -2.33. The second kappa shape index (κ2) is 5.85. The molecular weight excluding hydrogens is 232 g/mol. The summed E-state index contributed by atoms with van der Waals surface area (Å²) >= 11 is 0. The molecule has 1 amide bonds. The van der Waals surface area contributed by atoms with E-state index in [9.17, 15) is 9.59 Å². The van der Waals surface area contributed by atoms with Crippen LogP contribution < -0.4 is 0 Å². The molecule has 0 bridgehead atoms. The third kappa shape index (κ3) is 4.36. The minimum absolute atomic E-state index is 0.144. The van der Waals surface area contributed by atoms with Crippen molar-refractivity contribution in [3.8, 4) is 6.07 Å². The van der Waals surface area contributed by atoms with E-state index in [4.69, 9.17) is 10.00 Å². The molecule has 0 unspecified atom stereocenters. The molecule has 0 aromatic rings. The minimum Gasteiger partial charge on any atom is -0.444 e. The van der Waals surface area contributed by atoms with E-state index >= 15 is 0 Å². The molecule has 0 N–H and O–H groups in total. The molecule has 0 aliphatic carbocycles. The molecule has 1 aliphatic heterocycles. The molecule has 100 valence electrons. The monoisotopic (exact) mass is 252 g/mol. The Morgan fingerprint density at radius 3 is 2.78 bits per heavy atom. The Hall–Kier alpha value is -1.57. The van der Waals surface area contributed by atoms with Crippen molar-refractivity contribution in [2.45, 2.75) is 45.6 Å². The Kier molecular flexibility index (Phi) is 4.71. The lowest BCUT2D eigenvalue weighted by atomic mass is 9.92. The molecular formula is C13H20N2O3. The third-order valence-electron chi connectivity index (χ3n) is 2.78. The fourth-order valence-corrected chi connectivity index (χ4v) is 1.89. The number of rotatable bonds is 2. The molecule has 0 saturated carbocycles. The highest BCUT2D eigenvalue weighted by molar-refractivity contribution is 5.84. The molecule has 1 rings (SSSR count). The van der Waals surface area contributed by atoms with Crippen LogP contribution in [-0.2, 0) is 9.53 Å². The molecule has 1 aliphatic rings. The second-order valence-electron chi connectivity index (χ2n) is 5.54. The van der Waals surface area contributed by atoms with Crippen molar-refractivity contribution >= 4 is 11.9 Å². The fourth-order valence-electron chi connectivity index (χ4n) is 1.89. The van der Waals surface area contributed by atoms with Crippen molar-refractivity contribution < 1.29 is 14.3 Å². The van der Waals surface area contributed by atoms with Crippen molar-refractivity contribution in [2.24, 2.45) is 5.92 Å². The van der Waals surface area contributed by atoms with Gasteiger partial charge in [-0.3, -0.25) is 4.79 Å². The van der Waals surface area contributed by atoms with Gasteiger partial charge in [-0.2, -0.15) is 5.26 Å². The molecule has 1 saturated heterocycles. The van der Waals surface area contributed by atoms with Gasteiger partial charge in [0.05, 0.1) is 6.07 Å². The number of carbonyl (C=O) groups excluding carboxylic acids is 2. The molecule has 5 nitrogen and oxygen atoms in total. The van der Waals surface area contributed by atoms with E-state index in [1.54, 1.807) is 4.90 Å². The highest BCUT2D eigenvalue weighted by Gasteiger charge is 2.31. The van der Waals surface area contributed by atoms with Crippen molar-refractivity contribution in [2.75, 3.05) is 13.1 Å². The normalized spacial score (nSPS) is 20.4. The first kappa shape index (κ1) is 14.5. The average Bonchev–Trinajstić information content (AvgIpc) is 2.25. The van der Waals surface area contributed by atoms with Crippen LogP contribution in [0.4, 0.5) is 4.79 Å². The van der Waals surface area contributed by atoms with Gasteiger partial charge in [-0.1, -0.05) is 0 Å². The van der Waals surface area contributed by atoms with Crippen LogP contribution in [0.1, 0.15) is 40.0 Å². The van der Waals surface area contributed by atoms with Crippen LogP contribution in [0.5, 0.6) is 0 Å². The summed E-state index contributed by atoms with van der Waals surface area (Å²) in [5.41, 5.74) is -0.527. The molecule has 0 aromatic carbocycles. The summed E-state index contributed by atoms with van der Waals surface area (Å²) in [5.74, 6) is -0.0732. The summed E-state index contributed by atoms with van der Waals surface area (Å²) in [6.45, 7) is 6.22. The number of hydrogen-bond donors (Lipinski definition) is 0. The first-order valence-electron chi connectivity index (χ1n) is 6.21. The summed E-state index contributed by atoms with van der Waals surface area (Å²) < 4.78 is 5.28. The number of nitriles is 1. The van der Waals surface area contributed by atoms with Gasteiger partial charge in [0.25, 0.3) is 0 Å². The first-order chi connectivity index (χ1) is 8.33. The lowest BCUT2D eigenvalue weighted by Crippen LogP contribution is -2.46. The van der Waals surface area contributed by atoms with Gasteiger partial charge in [-0.25, -0.2) is 4.79 Å². The van der Waals surface area contributed by atoms with Gasteiger partial charge in [-0.15, -0.1) is 0 Å². The topological polar surface area (TPSA) is 70.4 Å². The maximum Gasteiger partial charge on any atom is 0.410 e. The zero-order valence-electron chi connectivity index (χ0n) is 11.2. The van der Waals surface area contributed by atoms with Crippen LogP contribution in [0, 0.1) is 17.2 Å². The Bertz CT molecular complexity index is 365. The third-order valence-corrected chi connectivity index (χ3v) is 2.78. The van der Waals surface area contributed by atoms with E-state index in [1.165, 1.54) is 0 Å². The Morgan fingerprint density at radius 1 is 1.56 bits per heavy atom. The molecule has 1 fully saturated rings. The smallest absolute Gasteiger partial charge is 0.410 e. The van der Waals surface area contributed by atoms with Crippen LogP contribution in [0.2, 0.25) is 0 Å². The van der Waals surface area contributed by atoms with E-state index in [0.717, 1.165) is 0 Å². The van der Waals surface area contributed by atoms with Gasteiger partial charge in [0.2, 0.25) is 0 Å². The van der Waals surface area contributed by atoms with Crippen LogP contribution in [0.3, 0.4) is 0 Å². The predicted molar refractivity (Wildman–Crippen MR) is 65.8 cm³/mol. The van der Waals surface area contributed by atoms with Gasteiger partial charge >= 0.3 is 6.09 Å². The van der Waals surface area contributed by atoms with E-state index in [-0.39, 0.29) is 17.8 Å². The fraction of sp³-hybridized carbons (Fsp3) is 0.769. The van der Waals surface area contributed by atoms with Crippen LogP contribution >= 0.6 is 0 Å². The van der Waals surface area contributed by atoms with E-state index < -0.39 is 5.60 Å². The Morgan fingerprint density at radius 2 is 2.22 bits per heavy atom. The highest BCUT2D eigenvalue weighted by Crippen LogP contribution is 2.20. The number of amides is 1. The van der Waals surface area contributed by atoms with Crippen molar-refractivity contribution in [3.05, 3.63) is 0 Å². The number of ether oxygens (including phenoxy) is 1. The quantitative estimate of drug-likeness (QED) is 0.754. The van der Waals surface area contributed by atoms with E-state index in [2.05, 4.69) is 0 Å². The van der Waals surface area contributed by atoms with Gasteiger partial charge in [0.1, 0.15) is 11.4 Å². The SMILES string of the molecule is CC(C)(C)OC(=O)N1CCC(=O)[C@H](CCC#N)C1. The Labute approximate surface area is 108 Å². The zero-order valence-corrected chi connectivity index (χ0v) is 11.2. The first-order valence-corrected chi connectivity index (χ1v) is 6.21. The van der Waals surface area contributed by atoms with E-state index in [1.807, 2.05) is 26.8 Å². The standard InChI is InChI=1S/C13H20N2O3/c1-13(2,3)18-12(17)15-8-6-11(16)10(9-15)5-4-7-14/h10H,4-6,8-9H2,1-3H3/t10-/m1/s1. The van der Waals surface area contributed by atoms with E-state index in [0.29, 0.717) is 32.4 Å². The lowest BCUT2D eigenvalue weighted by molar-refractivity contribution is -0.126. The maximum atomic E-state index is 11.9. The van der Waals surface area contributed by atoms with Crippen molar-refractivity contribution in [3.63, 3.8) is 0 Å². The number of nitrogens with zero attached hydrogens (tertiary/aromatic N) is 2. The molecule has 5 heteroatoms. The summed E-state index contributed by atoms with van der Waals surface area (Å²) in [4.78, 5) is 25.1. The molecule has 0 aromatic heterocycles. The zero-order chi connectivity index (χ0) is 13.8. The van der Waals surface area contributed by atoms with Crippen molar-refractivity contribution in [1.82, 2.24) is 4.90 Å². The van der Waals surface area contributed by atoms with Crippen LogP contribution in [0.25, 0.3) is 0 Å². The van der Waals surface area contributed by atoms with Gasteiger partial charge in [0.15, 0.2) is 0 Å². The summed E-state index contributed by atoms with van der Waals surface area (Å²) in [5, 5.41) is 8.54. The molecule has 0 radical (unpaired) electrons. The molecule has 1 heterocycles. The summed E-state index contributed by atoms with van der Waals surface area (Å²) in [7, 11) is 0. The number of carbonyl (C=O) groups is 2. The molecule has 1 atom stereocenters. The van der Waals surface area contributed by atoms with Gasteiger partial charge in [-0.05, 0) is 27.2 Å². The Balaban J connectivity index is 2.56. The summed E-state index contributed by atoms with van der Waals surface area (Å²) in [6, 6.07) is 2.03. The summed E-state index contributed by atoms with van der Waals surface area (Å²) in [6.07, 6.45) is 0.847. The number of piperidine rings is 1. The van der Waals surface area contributed by atoms with Gasteiger partial charge < -0.3 is 9.64 Å². The molecule has 18 heavy (non-hydrogen) atoms. The molecule has 0 spiro atoms. The number of Topliss-reactive ketones (excluding diaryl/α,β-unsaturated/α-hetero) is 1.